The maximum absolute atomic E-state index is 14.0. The Hall–Kier alpha value is -3.78. The number of amides is 2. The first-order valence-corrected chi connectivity index (χ1v) is 10.6. The predicted octanol–water partition coefficient (Wildman–Crippen LogP) is 2.39. The van der Waals surface area contributed by atoms with Gasteiger partial charge in [0.15, 0.2) is 11.5 Å². The van der Waals surface area contributed by atoms with Crippen molar-refractivity contribution in [2.45, 2.75) is 12.8 Å². The minimum atomic E-state index is -0.449. The highest BCUT2D eigenvalue weighted by molar-refractivity contribution is 6.21. The van der Waals surface area contributed by atoms with E-state index < -0.39 is 5.56 Å². The van der Waals surface area contributed by atoms with Crippen LogP contribution in [0.4, 0.5) is 11.5 Å². The second kappa shape index (κ2) is 8.39. The molecule has 1 aromatic heterocycles. The summed E-state index contributed by atoms with van der Waals surface area (Å²) in [6, 6.07) is 18.6. The quantitative estimate of drug-likeness (QED) is 0.591. The smallest absolute Gasteiger partial charge is 0.285 e. The van der Waals surface area contributed by atoms with Crippen molar-refractivity contribution in [3.8, 4) is 17.1 Å². The largest absolute Gasteiger partial charge is 0.378 e. The van der Waals surface area contributed by atoms with E-state index in [0.29, 0.717) is 43.6 Å². The van der Waals surface area contributed by atoms with E-state index in [0.717, 1.165) is 10.5 Å². The van der Waals surface area contributed by atoms with Gasteiger partial charge in [0, 0.05) is 31.5 Å². The number of aromatic nitrogens is 2. The molecule has 3 aromatic rings. The highest BCUT2D eigenvalue weighted by Crippen LogP contribution is 2.32. The molecular weight excluding hydrogens is 408 g/mol. The number of imide groups is 1. The number of nitrogens with zero attached hydrogens (tertiary/aromatic N) is 4. The standard InChI is InChI=1S/C24H22N4O4/c29-19-11-12-20(30)28(19)21-23(26-13-15-32-16-14-26)25-22(17-7-3-1-4-8-17)27(24(21)31)18-9-5-2-6-10-18/h1-10H,11-16H2. The van der Waals surface area contributed by atoms with Crippen molar-refractivity contribution in [2.75, 3.05) is 36.1 Å². The molecule has 0 unspecified atom stereocenters. The summed E-state index contributed by atoms with van der Waals surface area (Å²) in [5.74, 6) is 0.0324. The number of para-hydroxylation sites is 1. The van der Waals surface area contributed by atoms with Gasteiger partial charge >= 0.3 is 0 Å². The van der Waals surface area contributed by atoms with Gasteiger partial charge in [-0.1, -0.05) is 48.5 Å². The third-order valence-electron chi connectivity index (χ3n) is 5.67. The lowest BCUT2D eigenvalue weighted by atomic mass is 10.2. The van der Waals surface area contributed by atoms with E-state index in [9.17, 15) is 14.4 Å². The Kier molecular flexibility index (Phi) is 5.28. The lowest BCUT2D eigenvalue weighted by Gasteiger charge is -2.31. The van der Waals surface area contributed by atoms with E-state index in [1.54, 1.807) is 12.1 Å². The molecule has 2 fully saturated rings. The second-order valence-electron chi connectivity index (χ2n) is 7.67. The molecule has 0 N–H and O–H groups in total. The molecule has 0 radical (unpaired) electrons. The number of morpholine rings is 1. The molecule has 2 saturated heterocycles. The molecule has 0 saturated carbocycles. The molecule has 32 heavy (non-hydrogen) atoms. The highest BCUT2D eigenvalue weighted by Gasteiger charge is 2.37. The van der Waals surface area contributed by atoms with Crippen molar-refractivity contribution in [3.05, 3.63) is 71.0 Å². The fourth-order valence-electron chi connectivity index (χ4n) is 4.12. The van der Waals surface area contributed by atoms with Gasteiger partial charge in [-0.15, -0.1) is 0 Å². The van der Waals surface area contributed by atoms with Crippen LogP contribution in [0.1, 0.15) is 12.8 Å². The Morgan fingerprint density at radius 3 is 2.00 bits per heavy atom. The molecule has 2 aromatic carbocycles. The van der Waals surface area contributed by atoms with Crippen molar-refractivity contribution >= 4 is 23.3 Å². The second-order valence-corrected chi connectivity index (χ2v) is 7.67. The SMILES string of the molecule is O=C1CCC(=O)N1c1c(N2CCOCC2)nc(-c2ccccc2)n(-c2ccccc2)c1=O. The van der Waals surface area contributed by atoms with E-state index >= 15 is 0 Å². The minimum absolute atomic E-state index is 0.0166. The molecule has 2 aliphatic heterocycles. The molecule has 5 rings (SSSR count). The third-order valence-corrected chi connectivity index (χ3v) is 5.67. The van der Waals surface area contributed by atoms with Gasteiger partial charge in [-0.2, -0.15) is 0 Å². The van der Waals surface area contributed by atoms with Crippen LogP contribution in [0.3, 0.4) is 0 Å². The number of hydrogen-bond donors (Lipinski definition) is 0. The van der Waals surface area contributed by atoms with Gasteiger partial charge in [0.05, 0.1) is 18.9 Å². The molecule has 8 nitrogen and oxygen atoms in total. The molecule has 8 heteroatoms. The van der Waals surface area contributed by atoms with Gasteiger partial charge in [0.25, 0.3) is 5.56 Å². The number of carbonyl (C=O) groups is 2. The molecule has 2 amide bonds. The van der Waals surface area contributed by atoms with Crippen LogP contribution in [0, 0.1) is 0 Å². The monoisotopic (exact) mass is 430 g/mol. The summed E-state index contributed by atoms with van der Waals surface area (Å²) in [5.41, 5.74) is 0.935. The maximum Gasteiger partial charge on any atom is 0.285 e. The van der Waals surface area contributed by atoms with E-state index in [1.165, 1.54) is 4.57 Å². The Balaban J connectivity index is 1.83. The summed E-state index contributed by atoms with van der Waals surface area (Å²) in [4.78, 5) is 47.2. The van der Waals surface area contributed by atoms with Crippen LogP contribution >= 0.6 is 0 Å². The highest BCUT2D eigenvalue weighted by atomic mass is 16.5. The van der Waals surface area contributed by atoms with E-state index in [1.807, 2.05) is 53.4 Å². The lowest BCUT2D eigenvalue weighted by Crippen LogP contribution is -2.43. The third kappa shape index (κ3) is 3.48. The van der Waals surface area contributed by atoms with Crippen LogP contribution in [0.2, 0.25) is 0 Å². The summed E-state index contributed by atoms with van der Waals surface area (Å²) in [6.07, 6.45) is 0.180. The van der Waals surface area contributed by atoms with Gasteiger partial charge in [0.2, 0.25) is 11.8 Å². The molecular formula is C24H22N4O4. The lowest BCUT2D eigenvalue weighted by molar-refractivity contribution is -0.121. The first kappa shape index (κ1) is 20.1. The van der Waals surface area contributed by atoms with Crippen molar-refractivity contribution in [1.82, 2.24) is 9.55 Å². The Labute approximate surface area is 184 Å². The van der Waals surface area contributed by atoms with Crippen LogP contribution in [-0.2, 0) is 14.3 Å². The summed E-state index contributed by atoms with van der Waals surface area (Å²) in [7, 11) is 0. The zero-order valence-electron chi connectivity index (χ0n) is 17.4. The van der Waals surface area contributed by atoms with E-state index in [4.69, 9.17) is 9.72 Å². The Morgan fingerprint density at radius 1 is 0.781 bits per heavy atom. The van der Waals surface area contributed by atoms with Crippen LogP contribution in [-0.4, -0.2) is 47.7 Å². The summed E-state index contributed by atoms with van der Waals surface area (Å²) >= 11 is 0. The maximum atomic E-state index is 14.0. The summed E-state index contributed by atoms with van der Waals surface area (Å²) in [6.45, 7) is 1.98. The number of hydrogen-bond acceptors (Lipinski definition) is 6. The molecule has 3 heterocycles. The normalized spacial score (nSPS) is 16.6. The van der Waals surface area contributed by atoms with Gasteiger partial charge in [0.1, 0.15) is 5.82 Å². The fourth-order valence-corrected chi connectivity index (χ4v) is 4.12. The molecule has 0 bridgehead atoms. The number of ether oxygens (including phenoxy) is 1. The van der Waals surface area contributed by atoms with Crippen molar-refractivity contribution in [1.29, 1.82) is 0 Å². The van der Waals surface area contributed by atoms with E-state index in [2.05, 4.69) is 0 Å². The van der Waals surface area contributed by atoms with Crippen molar-refractivity contribution < 1.29 is 14.3 Å². The molecule has 0 spiro atoms. The summed E-state index contributed by atoms with van der Waals surface area (Å²) < 4.78 is 6.95. The van der Waals surface area contributed by atoms with Crippen molar-refractivity contribution in [2.24, 2.45) is 0 Å². The van der Waals surface area contributed by atoms with Crippen LogP contribution in [0.15, 0.2) is 65.5 Å². The van der Waals surface area contributed by atoms with Crippen molar-refractivity contribution in [3.63, 3.8) is 0 Å². The number of benzene rings is 2. The number of anilines is 2. The van der Waals surface area contributed by atoms with Gasteiger partial charge in [-0.25, -0.2) is 9.88 Å². The molecule has 162 valence electrons. The number of rotatable bonds is 4. The molecule has 0 atom stereocenters. The minimum Gasteiger partial charge on any atom is -0.378 e. The van der Waals surface area contributed by atoms with Crippen LogP contribution < -0.4 is 15.4 Å². The van der Waals surface area contributed by atoms with E-state index in [-0.39, 0.29) is 30.3 Å². The van der Waals surface area contributed by atoms with Crippen LogP contribution in [0.25, 0.3) is 17.1 Å². The summed E-state index contributed by atoms with van der Waals surface area (Å²) in [5, 5.41) is 0. The Morgan fingerprint density at radius 2 is 1.38 bits per heavy atom. The zero-order valence-corrected chi connectivity index (χ0v) is 17.4. The average Bonchev–Trinajstić information content (AvgIpc) is 3.17. The van der Waals surface area contributed by atoms with Gasteiger partial charge in [-0.05, 0) is 12.1 Å². The molecule has 0 aliphatic carbocycles. The topological polar surface area (TPSA) is 84.7 Å². The average molecular weight is 430 g/mol. The zero-order chi connectivity index (χ0) is 22.1. The Bertz CT molecular complexity index is 1200. The van der Waals surface area contributed by atoms with Gasteiger partial charge < -0.3 is 9.64 Å². The number of carbonyl (C=O) groups excluding carboxylic acids is 2. The predicted molar refractivity (Wildman–Crippen MR) is 120 cm³/mol. The first-order chi connectivity index (χ1) is 15.6. The van der Waals surface area contributed by atoms with Gasteiger partial charge in [-0.3, -0.25) is 19.0 Å². The fraction of sp³-hybridized carbons (Fsp3) is 0.250. The first-order valence-electron chi connectivity index (χ1n) is 10.6. The molecule has 2 aliphatic rings. The van der Waals surface area contributed by atoms with Crippen LogP contribution in [0.5, 0.6) is 0 Å².